The van der Waals surface area contributed by atoms with Crippen molar-refractivity contribution in [1.82, 2.24) is 9.55 Å². The van der Waals surface area contributed by atoms with Crippen LogP contribution in [0.1, 0.15) is 43.0 Å². The second-order valence-electron chi connectivity index (χ2n) is 5.30. The highest BCUT2D eigenvalue weighted by atomic mass is 32.2. The van der Waals surface area contributed by atoms with Crippen LogP contribution in [0.4, 0.5) is 0 Å². The zero-order chi connectivity index (χ0) is 14.1. The first-order chi connectivity index (χ1) is 9.76. The molecule has 0 unspecified atom stereocenters. The molecule has 0 N–H and O–H groups in total. The van der Waals surface area contributed by atoms with Crippen molar-refractivity contribution in [2.75, 3.05) is 6.26 Å². The van der Waals surface area contributed by atoms with Crippen LogP contribution in [-0.2, 0) is 19.4 Å². The molecule has 0 saturated carbocycles. The molecule has 0 fully saturated rings. The van der Waals surface area contributed by atoms with E-state index >= 15 is 0 Å². The lowest BCUT2D eigenvalue weighted by atomic mass is 10.2. The number of aromatic nitrogens is 2. The van der Waals surface area contributed by atoms with Crippen molar-refractivity contribution in [1.29, 1.82) is 0 Å². The number of hydrogen-bond acceptors (Lipinski definition) is 4. The quantitative estimate of drug-likeness (QED) is 0.478. The van der Waals surface area contributed by atoms with Crippen LogP contribution in [0.25, 0.3) is 10.2 Å². The fourth-order valence-electron chi connectivity index (χ4n) is 2.93. The van der Waals surface area contributed by atoms with E-state index in [4.69, 9.17) is 4.98 Å². The Morgan fingerprint density at radius 1 is 1.35 bits per heavy atom. The van der Waals surface area contributed by atoms with Crippen molar-refractivity contribution >= 4 is 33.3 Å². The van der Waals surface area contributed by atoms with Crippen LogP contribution in [0.5, 0.6) is 0 Å². The Morgan fingerprint density at radius 3 is 2.95 bits per heavy atom. The van der Waals surface area contributed by atoms with Crippen molar-refractivity contribution in [3.05, 3.63) is 20.8 Å². The molecule has 2 aromatic rings. The van der Waals surface area contributed by atoms with Gasteiger partial charge in [0.25, 0.3) is 5.56 Å². The highest BCUT2D eigenvalue weighted by Gasteiger charge is 2.22. The van der Waals surface area contributed by atoms with Gasteiger partial charge < -0.3 is 0 Å². The van der Waals surface area contributed by atoms with Crippen LogP contribution in [-0.4, -0.2) is 15.8 Å². The molecule has 0 amide bonds. The number of nitrogens with zero attached hydrogens (tertiary/aromatic N) is 2. The highest BCUT2D eigenvalue weighted by molar-refractivity contribution is 7.98. The van der Waals surface area contributed by atoms with E-state index in [-0.39, 0.29) is 5.56 Å². The van der Waals surface area contributed by atoms with Crippen LogP contribution in [0, 0.1) is 0 Å². The lowest BCUT2D eigenvalue weighted by Crippen LogP contribution is -2.23. The molecule has 1 aliphatic carbocycles. The van der Waals surface area contributed by atoms with E-state index < -0.39 is 0 Å². The molecule has 0 bridgehead atoms. The van der Waals surface area contributed by atoms with Gasteiger partial charge in [0.15, 0.2) is 5.16 Å². The maximum absolute atomic E-state index is 12.8. The van der Waals surface area contributed by atoms with E-state index in [0.29, 0.717) is 0 Å². The lowest BCUT2D eigenvalue weighted by Gasteiger charge is -2.10. The summed E-state index contributed by atoms with van der Waals surface area (Å²) >= 11 is 3.31. The average molecular weight is 308 g/mol. The number of thiophene rings is 1. The molecule has 2 aromatic heterocycles. The Balaban J connectivity index is 2.12. The standard InChI is InChI=1S/C15H20N2OS2/c1-3-4-5-9-17-14(18)12-10-7-6-8-11(10)20-13(12)16-15(17)19-2/h3-9H2,1-2H3. The molecule has 0 spiro atoms. The van der Waals surface area contributed by atoms with Gasteiger partial charge in [-0.05, 0) is 37.5 Å². The number of aryl methyl sites for hydroxylation is 2. The van der Waals surface area contributed by atoms with Gasteiger partial charge in [-0.1, -0.05) is 31.5 Å². The van der Waals surface area contributed by atoms with Crippen molar-refractivity contribution < 1.29 is 0 Å². The van der Waals surface area contributed by atoms with Gasteiger partial charge in [0, 0.05) is 11.4 Å². The number of fused-ring (bicyclic) bond motifs is 3. The van der Waals surface area contributed by atoms with E-state index in [1.54, 1.807) is 23.1 Å². The predicted octanol–water partition coefficient (Wildman–Crippen LogP) is 3.86. The molecule has 20 heavy (non-hydrogen) atoms. The first-order valence-corrected chi connectivity index (χ1v) is 9.39. The number of unbranched alkanes of at least 4 members (excludes halogenated alkanes) is 2. The second kappa shape index (κ2) is 5.90. The number of rotatable bonds is 5. The zero-order valence-electron chi connectivity index (χ0n) is 12.1. The van der Waals surface area contributed by atoms with Crippen molar-refractivity contribution in [2.45, 2.75) is 57.1 Å². The smallest absolute Gasteiger partial charge is 0.263 e. The van der Waals surface area contributed by atoms with Gasteiger partial charge in [-0.2, -0.15) is 0 Å². The Kier molecular flexibility index (Phi) is 4.17. The SMILES string of the molecule is CCCCCn1c(SC)nc2sc3c(c2c1=O)CCC3. The van der Waals surface area contributed by atoms with E-state index in [1.165, 1.54) is 29.7 Å². The Labute approximate surface area is 127 Å². The number of thioether (sulfide) groups is 1. The monoisotopic (exact) mass is 308 g/mol. The molecule has 108 valence electrons. The second-order valence-corrected chi connectivity index (χ2v) is 7.16. The maximum atomic E-state index is 12.8. The largest absolute Gasteiger partial charge is 0.287 e. The minimum absolute atomic E-state index is 0.190. The van der Waals surface area contributed by atoms with Gasteiger partial charge in [0.05, 0.1) is 5.39 Å². The molecular formula is C15H20N2OS2. The minimum Gasteiger partial charge on any atom is -0.287 e. The Bertz CT molecular complexity index is 687. The van der Waals surface area contributed by atoms with Crippen LogP contribution in [0.2, 0.25) is 0 Å². The molecule has 2 heterocycles. The average Bonchev–Trinajstić information content (AvgIpc) is 3.01. The van der Waals surface area contributed by atoms with E-state index in [2.05, 4.69) is 6.92 Å². The summed E-state index contributed by atoms with van der Waals surface area (Å²) in [6, 6.07) is 0. The molecule has 0 aliphatic heterocycles. The summed E-state index contributed by atoms with van der Waals surface area (Å²) in [4.78, 5) is 19.9. The summed E-state index contributed by atoms with van der Waals surface area (Å²) in [5, 5.41) is 1.79. The van der Waals surface area contributed by atoms with Gasteiger partial charge in [0.1, 0.15) is 4.83 Å². The molecule has 0 aromatic carbocycles. The molecule has 0 saturated heterocycles. The molecule has 3 nitrogen and oxygen atoms in total. The zero-order valence-corrected chi connectivity index (χ0v) is 13.7. The third-order valence-corrected chi connectivity index (χ3v) is 5.82. The fourth-order valence-corrected chi connectivity index (χ4v) is 4.82. The molecule has 3 rings (SSSR count). The van der Waals surface area contributed by atoms with E-state index in [9.17, 15) is 4.79 Å². The normalized spacial score (nSPS) is 14.1. The topological polar surface area (TPSA) is 34.9 Å². The van der Waals surface area contributed by atoms with Gasteiger partial charge in [-0.3, -0.25) is 9.36 Å². The molecule has 0 atom stereocenters. The fraction of sp³-hybridized carbons (Fsp3) is 0.600. The predicted molar refractivity (Wildman–Crippen MR) is 87.2 cm³/mol. The van der Waals surface area contributed by atoms with Crippen molar-refractivity contribution in [3.8, 4) is 0 Å². The van der Waals surface area contributed by atoms with Crippen molar-refractivity contribution in [2.24, 2.45) is 0 Å². The van der Waals surface area contributed by atoms with Crippen LogP contribution in [0.15, 0.2) is 9.95 Å². The first-order valence-electron chi connectivity index (χ1n) is 7.35. The summed E-state index contributed by atoms with van der Waals surface area (Å²) in [6.45, 7) is 2.99. The molecule has 0 radical (unpaired) electrons. The Morgan fingerprint density at radius 2 is 2.20 bits per heavy atom. The third kappa shape index (κ3) is 2.31. The van der Waals surface area contributed by atoms with E-state index in [0.717, 1.165) is 41.2 Å². The van der Waals surface area contributed by atoms with Crippen molar-refractivity contribution in [3.63, 3.8) is 0 Å². The number of hydrogen-bond donors (Lipinski definition) is 0. The van der Waals surface area contributed by atoms with Crippen LogP contribution >= 0.6 is 23.1 Å². The summed E-state index contributed by atoms with van der Waals surface area (Å²) in [6.07, 6.45) is 8.78. The first kappa shape index (κ1) is 14.1. The highest BCUT2D eigenvalue weighted by Crippen LogP contribution is 2.35. The third-order valence-electron chi connectivity index (χ3n) is 3.96. The van der Waals surface area contributed by atoms with Gasteiger partial charge in [-0.25, -0.2) is 4.98 Å². The summed E-state index contributed by atoms with van der Waals surface area (Å²) < 4.78 is 1.90. The maximum Gasteiger partial charge on any atom is 0.263 e. The summed E-state index contributed by atoms with van der Waals surface area (Å²) in [5.74, 6) is 0. The van der Waals surface area contributed by atoms with Gasteiger partial charge in [0.2, 0.25) is 0 Å². The van der Waals surface area contributed by atoms with Crippen LogP contribution < -0.4 is 5.56 Å². The Hall–Kier alpha value is -0.810. The van der Waals surface area contributed by atoms with Gasteiger partial charge >= 0.3 is 0 Å². The molecule has 1 aliphatic rings. The van der Waals surface area contributed by atoms with E-state index in [1.807, 2.05) is 10.8 Å². The van der Waals surface area contributed by atoms with Crippen LogP contribution in [0.3, 0.4) is 0 Å². The van der Waals surface area contributed by atoms with Gasteiger partial charge in [-0.15, -0.1) is 11.3 Å². The minimum atomic E-state index is 0.190. The summed E-state index contributed by atoms with van der Waals surface area (Å²) in [5.41, 5.74) is 1.48. The summed E-state index contributed by atoms with van der Waals surface area (Å²) in [7, 11) is 0. The molecule has 5 heteroatoms. The molecular weight excluding hydrogens is 288 g/mol. The lowest BCUT2D eigenvalue weighted by molar-refractivity contribution is 0.542.